The number of allylic oxidation sites excluding steroid dienone is 1. The molecule has 2 heterocycles. The zero-order chi connectivity index (χ0) is 28.6. The van der Waals surface area contributed by atoms with Crippen LogP contribution in [0.3, 0.4) is 0 Å². The molecule has 0 amide bonds. The van der Waals surface area contributed by atoms with E-state index >= 15 is 0 Å². The predicted molar refractivity (Wildman–Crippen MR) is 143 cm³/mol. The summed E-state index contributed by atoms with van der Waals surface area (Å²) in [5.41, 5.74) is -1.92. The Morgan fingerprint density at radius 1 is 1.12 bits per heavy atom. The van der Waals surface area contributed by atoms with Gasteiger partial charge in [0.2, 0.25) is 0 Å². The van der Waals surface area contributed by atoms with Crippen molar-refractivity contribution >= 4 is 12.3 Å². The number of fused-ring (bicyclic) bond motifs is 3. The van der Waals surface area contributed by atoms with E-state index in [2.05, 4.69) is 26.8 Å². The molecule has 4 aliphatic carbocycles. The normalized spacial score (nSPS) is 49.0. The number of hydrogen-bond donors (Lipinski definition) is 1. The van der Waals surface area contributed by atoms with Crippen molar-refractivity contribution in [1.82, 2.24) is 0 Å². The molecule has 1 N–H and O–H groups in total. The second kappa shape index (κ2) is 10.1. The second-order valence-corrected chi connectivity index (χ2v) is 13.7. The van der Waals surface area contributed by atoms with Crippen LogP contribution in [0.5, 0.6) is 0 Å². The molecule has 0 aromatic carbocycles. The topological polar surface area (TPSA) is 113 Å². The van der Waals surface area contributed by atoms with Gasteiger partial charge in [0.05, 0.1) is 31.3 Å². The molecule has 3 saturated carbocycles. The first kappa shape index (κ1) is 28.7. The highest BCUT2D eigenvalue weighted by atomic mass is 16.8. The fourth-order valence-electron chi connectivity index (χ4n) is 10.1. The Kier molecular flexibility index (Phi) is 7.28. The van der Waals surface area contributed by atoms with Crippen molar-refractivity contribution in [3.05, 3.63) is 11.6 Å². The molecule has 2 aliphatic heterocycles. The molecule has 0 spiro atoms. The van der Waals surface area contributed by atoms with Crippen molar-refractivity contribution in [2.45, 2.75) is 90.2 Å². The maximum Gasteiger partial charge on any atom is 0.315 e. The number of carboxylic acid groups (broad SMARTS) is 1. The molecule has 0 radical (unpaired) electrons. The van der Waals surface area contributed by atoms with Crippen LogP contribution in [0, 0.1) is 45.8 Å². The number of epoxide rings is 1. The summed E-state index contributed by atoms with van der Waals surface area (Å²) < 4.78 is 35.7. The highest BCUT2D eigenvalue weighted by Crippen LogP contribution is 2.82. The summed E-state index contributed by atoms with van der Waals surface area (Å²) in [6.45, 7) is 9.37. The van der Waals surface area contributed by atoms with E-state index in [9.17, 15) is 14.7 Å². The molecule has 4 bridgehead atoms. The van der Waals surface area contributed by atoms with Gasteiger partial charge in [-0.3, -0.25) is 4.79 Å². The van der Waals surface area contributed by atoms with Crippen LogP contribution in [-0.2, 0) is 38.0 Å². The summed E-state index contributed by atoms with van der Waals surface area (Å²) in [7, 11) is 3.26. The molecule has 224 valence electrons. The van der Waals surface area contributed by atoms with E-state index in [1.165, 1.54) is 0 Å². The van der Waals surface area contributed by atoms with E-state index in [0.717, 1.165) is 31.1 Å². The molecule has 2 saturated heterocycles. The number of methoxy groups -OCH3 is 2. The predicted octanol–water partition coefficient (Wildman–Crippen LogP) is 3.49. The summed E-state index contributed by atoms with van der Waals surface area (Å²) in [5.74, 6) is 0.0423. The number of hydrogen-bond acceptors (Lipinski definition) is 8. The van der Waals surface area contributed by atoms with E-state index in [0.29, 0.717) is 31.5 Å². The number of rotatable bonds is 12. The fraction of sp³-hybridized carbons (Fsp3) is 0.871. The highest BCUT2D eigenvalue weighted by molar-refractivity contribution is 5.90. The molecular weight excluding hydrogens is 516 g/mol. The lowest BCUT2D eigenvalue weighted by Crippen LogP contribution is -2.64. The van der Waals surface area contributed by atoms with Crippen LogP contribution in [0.4, 0.5) is 0 Å². The van der Waals surface area contributed by atoms with Crippen molar-refractivity contribution in [3.63, 3.8) is 0 Å². The van der Waals surface area contributed by atoms with E-state index in [-0.39, 0.29) is 54.9 Å². The van der Waals surface area contributed by atoms with Crippen LogP contribution in [0.15, 0.2) is 11.6 Å². The fourth-order valence-corrected chi connectivity index (χ4v) is 10.1. The monoisotopic (exact) mass is 562 g/mol. The third-order valence-corrected chi connectivity index (χ3v) is 11.8. The molecule has 40 heavy (non-hydrogen) atoms. The van der Waals surface area contributed by atoms with Crippen molar-refractivity contribution < 1.29 is 43.1 Å². The minimum atomic E-state index is -1.25. The summed E-state index contributed by atoms with van der Waals surface area (Å²) in [5, 5.41) is 11.2. The van der Waals surface area contributed by atoms with Gasteiger partial charge in [-0.05, 0) is 55.8 Å². The first-order chi connectivity index (χ1) is 19.1. The number of aldehydes is 1. The largest absolute Gasteiger partial charge is 0.481 e. The molecule has 6 rings (SSSR count). The van der Waals surface area contributed by atoms with E-state index in [1.807, 2.05) is 6.92 Å². The Morgan fingerprint density at radius 3 is 2.55 bits per heavy atom. The quantitative estimate of drug-likeness (QED) is 0.217. The van der Waals surface area contributed by atoms with Gasteiger partial charge in [-0.25, -0.2) is 0 Å². The van der Waals surface area contributed by atoms with Gasteiger partial charge >= 0.3 is 5.97 Å². The zero-order valence-electron chi connectivity index (χ0n) is 24.7. The molecule has 9 nitrogen and oxygen atoms in total. The Hall–Kier alpha value is -1.36. The number of aliphatic carboxylic acids is 1. The number of carboxylic acids is 1. The van der Waals surface area contributed by atoms with Crippen LogP contribution in [0.25, 0.3) is 0 Å². The summed E-state index contributed by atoms with van der Waals surface area (Å²) in [4.78, 5) is 26.8. The van der Waals surface area contributed by atoms with Crippen molar-refractivity contribution in [3.8, 4) is 0 Å². The summed E-state index contributed by atoms with van der Waals surface area (Å²) in [6.07, 6.45) is 4.85. The average Bonchev–Trinajstić information content (AvgIpc) is 3.52. The average molecular weight is 563 g/mol. The maximum atomic E-state index is 13.6. The van der Waals surface area contributed by atoms with Crippen LogP contribution in [0.2, 0.25) is 0 Å². The third kappa shape index (κ3) is 3.67. The van der Waals surface area contributed by atoms with Crippen molar-refractivity contribution in [2.75, 3.05) is 34.0 Å². The Labute approximate surface area is 237 Å². The lowest BCUT2D eigenvalue weighted by atomic mass is 9.43. The molecular formula is C31H46O9. The van der Waals surface area contributed by atoms with E-state index in [4.69, 9.17) is 28.4 Å². The van der Waals surface area contributed by atoms with Gasteiger partial charge in [0.15, 0.2) is 6.29 Å². The number of carbonyl (C=O) groups is 2. The Bertz CT molecular complexity index is 1040. The van der Waals surface area contributed by atoms with Gasteiger partial charge in [-0.2, -0.15) is 0 Å². The van der Waals surface area contributed by atoms with E-state index < -0.39 is 28.5 Å². The Morgan fingerprint density at radius 2 is 1.90 bits per heavy atom. The number of carbonyl (C=O) groups excluding carboxylic acids is 1. The minimum absolute atomic E-state index is 0.0104. The molecule has 9 heteroatoms. The minimum Gasteiger partial charge on any atom is -0.481 e. The third-order valence-electron chi connectivity index (χ3n) is 11.8. The molecule has 13 atom stereocenters. The number of ether oxygens (including phenoxy) is 6. The van der Waals surface area contributed by atoms with Gasteiger partial charge < -0.3 is 38.3 Å². The van der Waals surface area contributed by atoms with Crippen LogP contribution < -0.4 is 0 Å². The molecule has 0 aromatic heterocycles. The van der Waals surface area contributed by atoms with Crippen LogP contribution in [0.1, 0.15) is 53.4 Å². The molecule has 5 fully saturated rings. The van der Waals surface area contributed by atoms with Gasteiger partial charge in [-0.1, -0.05) is 38.8 Å². The van der Waals surface area contributed by atoms with Crippen molar-refractivity contribution in [1.29, 1.82) is 0 Å². The molecule has 0 aromatic rings. The van der Waals surface area contributed by atoms with Gasteiger partial charge in [0, 0.05) is 19.6 Å². The zero-order valence-corrected chi connectivity index (χ0v) is 24.7. The second-order valence-electron chi connectivity index (χ2n) is 13.7. The molecule has 8 unspecified atom stereocenters. The van der Waals surface area contributed by atoms with Gasteiger partial charge in [0.25, 0.3) is 0 Å². The maximum absolute atomic E-state index is 13.6. The van der Waals surface area contributed by atoms with Gasteiger partial charge in [-0.15, -0.1) is 0 Å². The van der Waals surface area contributed by atoms with Crippen LogP contribution in [-0.4, -0.2) is 88.2 Å². The van der Waals surface area contributed by atoms with Gasteiger partial charge in [0.1, 0.15) is 36.1 Å². The van der Waals surface area contributed by atoms with Crippen molar-refractivity contribution in [2.24, 2.45) is 45.8 Å². The first-order valence-corrected chi connectivity index (χ1v) is 15.1. The smallest absolute Gasteiger partial charge is 0.315 e. The Balaban J connectivity index is 1.25. The summed E-state index contributed by atoms with van der Waals surface area (Å²) in [6, 6.07) is 0. The lowest BCUT2D eigenvalue weighted by Gasteiger charge is -2.58. The SMILES string of the molecule is COCC(CO[C@H]1[C@@H]2O[C@@H]2[C@H](OCC23CC4C(C)CCC4C4(C=O)CC2C=C(C(C)C)C43C(=O)O)O[C@@H]1C)OC. The molecule has 6 aliphatic rings. The standard InChI is InChI=1S/C31H46O9/c1-16(2)23-9-19-10-29(14-32)22-8-7-17(3)21(22)11-30(19,31(23,29)28(33)34)15-38-27-26-25(40-26)24(18(4)39-27)37-13-20(36-6)12-35-5/h9,14,16-22,24-27H,7-8,10-13,15H2,1-6H3,(H,33,34)/t17?,18-,19?,20?,21?,22?,24-,25+,26+,27-,29?,30?,31?/m1/s1. The highest BCUT2D eigenvalue weighted by Gasteiger charge is 2.84. The van der Waals surface area contributed by atoms with E-state index in [1.54, 1.807) is 14.2 Å². The lowest BCUT2D eigenvalue weighted by molar-refractivity contribution is -0.241. The summed E-state index contributed by atoms with van der Waals surface area (Å²) >= 11 is 0. The first-order valence-electron chi connectivity index (χ1n) is 15.1. The van der Waals surface area contributed by atoms with Crippen LogP contribution >= 0.6 is 0 Å².